The van der Waals surface area contributed by atoms with Crippen molar-refractivity contribution in [1.29, 1.82) is 0 Å². The minimum atomic E-state index is -0.659. The molecule has 0 saturated heterocycles. The fraction of sp³-hybridized carbons (Fsp3) is 0.222. The molecule has 0 aliphatic rings. The molecule has 5 nitrogen and oxygen atoms in total. The molecule has 0 radical (unpaired) electrons. The summed E-state index contributed by atoms with van der Waals surface area (Å²) in [6, 6.07) is 3.04. The lowest BCUT2D eigenvalue weighted by molar-refractivity contribution is 0.0952. The van der Waals surface area contributed by atoms with E-state index in [0.29, 0.717) is 10.3 Å². The molecular formula is C9H9BrN4OS. The zero-order valence-electron chi connectivity index (χ0n) is 8.42. The first-order valence-electron chi connectivity index (χ1n) is 4.49. The van der Waals surface area contributed by atoms with E-state index >= 15 is 0 Å². The SMILES string of the molecule is Cn1nnc(Br)c1C(=O)C(N)c1cccs1. The van der Waals surface area contributed by atoms with E-state index in [2.05, 4.69) is 26.2 Å². The normalized spacial score (nSPS) is 12.7. The summed E-state index contributed by atoms with van der Waals surface area (Å²) in [6.07, 6.45) is 0. The Hall–Kier alpha value is -1.05. The van der Waals surface area contributed by atoms with Crippen molar-refractivity contribution in [3.63, 3.8) is 0 Å². The van der Waals surface area contributed by atoms with Gasteiger partial charge >= 0.3 is 0 Å². The fourth-order valence-corrected chi connectivity index (χ4v) is 2.59. The molecule has 2 aromatic rings. The molecular weight excluding hydrogens is 292 g/mol. The minimum absolute atomic E-state index is 0.193. The molecule has 7 heteroatoms. The smallest absolute Gasteiger partial charge is 0.205 e. The van der Waals surface area contributed by atoms with Crippen LogP contribution in [0.5, 0.6) is 0 Å². The van der Waals surface area contributed by atoms with Gasteiger partial charge in [0.05, 0.1) is 0 Å². The number of hydrogen-bond acceptors (Lipinski definition) is 5. The minimum Gasteiger partial charge on any atom is -0.317 e. The van der Waals surface area contributed by atoms with Crippen molar-refractivity contribution < 1.29 is 4.79 Å². The molecule has 0 amide bonds. The zero-order chi connectivity index (χ0) is 11.7. The van der Waals surface area contributed by atoms with Gasteiger partial charge in [0, 0.05) is 11.9 Å². The van der Waals surface area contributed by atoms with Crippen molar-refractivity contribution in [2.45, 2.75) is 6.04 Å². The summed E-state index contributed by atoms with van der Waals surface area (Å²) in [4.78, 5) is 12.9. The van der Waals surface area contributed by atoms with E-state index in [4.69, 9.17) is 5.73 Å². The molecule has 0 aliphatic carbocycles. The number of carbonyl (C=O) groups excluding carboxylic acids is 1. The number of aromatic nitrogens is 3. The first-order valence-corrected chi connectivity index (χ1v) is 6.17. The van der Waals surface area contributed by atoms with Crippen LogP contribution in [0.25, 0.3) is 0 Å². The molecule has 0 aromatic carbocycles. The largest absolute Gasteiger partial charge is 0.317 e. The standard InChI is InChI=1S/C9H9BrN4OS/c1-14-7(9(10)12-13-14)8(15)6(11)5-3-2-4-16-5/h2-4,6H,11H2,1H3. The molecule has 1 atom stereocenters. The average molecular weight is 301 g/mol. The van der Waals surface area contributed by atoms with Gasteiger partial charge in [0.2, 0.25) is 5.78 Å². The third-order valence-corrected chi connectivity index (χ3v) is 3.64. The zero-order valence-corrected chi connectivity index (χ0v) is 10.8. The predicted molar refractivity (Wildman–Crippen MR) is 64.3 cm³/mol. The van der Waals surface area contributed by atoms with Crippen molar-refractivity contribution in [2.75, 3.05) is 0 Å². The maximum Gasteiger partial charge on any atom is 0.205 e. The van der Waals surface area contributed by atoms with E-state index in [-0.39, 0.29) is 5.78 Å². The molecule has 2 aromatic heterocycles. The molecule has 1 unspecified atom stereocenters. The lowest BCUT2D eigenvalue weighted by atomic mass is 10.1. The number of hydrogen-bond donors (Lipinski definition) is 1. The molecule has 0 aliphatic heterocycles. The van der Waals surface area contributed by atoms with Crippen molar-refractivity contribution in [3.8, 4) is 0 Å². The third kappa shape index (κ3) is 1.93. The van der Waals surface area contributed by atoms with Gasteiger partial charge in [0.15, 0.2) is 4.60 Å². The third-order valence-electron chi connectivity index (χ3n) is 2.15. The van der Waals surface area contributed by atoms with E-state index in [9.17, 15) is 4.79 Å². The summed E-state index contributed by atoms with van der Waals surface area (Å²) in [5.74, 6) is -0.193. The van der Waals surface area contributed by atoms with Crippen LogP contribution >= 0.6 is 27.3 Å². The first kappa shape index (κ1) is 11.4. The van der Waals surface area contributed by atoms with Crippen LogP contribution in [-0.2, 0) is 7.05 Å². The molecule has 2 N–H and O–H groups in total. The van der Waals surface area contributed by atoms with Crippen LogP contribution in [0.2, 0.25) is 0 Å². The number of rotatable bonds is 3. The first-order chi connectivity index (χ1) is 7.61. The van der Waals surface area contributed by atoms with Gasteiger partial charge in [-0.2, -0.15) is 0 Å². The number of aryl methyl sites for hydroxylation is 1. The molecule has 0 bridgehead atoms. The monoisotopic (exact) mass is 300 g/mol. The van der Waals surface area contributed by atoms with Crippen molar-refractivity contribution in [2.24, 2.45) is 12.8 Å². The van der Waals surface area contributed by atoms with Crippen LogP contribution in [0, 0.1) is 0 Å². The number of ketones is 1. The topological polar surface area (TPSA) is 73.8 Å². The number of halogens is 1. The molecule has 0 spiro atoms. The average Bonchev–Trinajstić information content (AvgIpc) is 2.87. The van der Waals surface area contributed by atoms with Gasteiger partial charge in [0.25, 0.3) is 0 Å². The maximum absolute atomic E-state index is 12.1. The number of carbonyl (C=O) groups is 1. The van der Waals surface area contributed by atoms with Crippen LogP contribution in [0.1, 0.15) is 21.4 Å². The van der Waals surface area contributed by atoms with Gasteiger partial charge in [-0.15, -0.1) is 16.4 Å². The van der Waals surface area contributed by atoms with E-state index < -0.39 is 6.04 Å². The Kier molecular flexibility index (Phi) is 3.17. The lowest BCUT2D eigenvalue weighted by Crippen LogP contribution is -2.23. The Balaban J connectivity index is 2.33. The lowest BCUT2D eigenvalue weighted by Gasteiger charge is -2.08. The summed E-state index contributed by atoms with van der Waals surface area (Å²) in [5, 5.41) is 9.39. The highest BCUT2D eigenvalue weighted by molar-refractivity contribution is 9.10. The Labute approximate surface area is 104 Å². The van der Waals surface area contributed by atoms with E-state index in [0.717, 1.165) is 4.88 Å². The van der Waals surface area contributed by atoms with E-state index in [1.165, 1.54) is 16.0 Å². The van der Waals surface area contributed by atoms with Crippen LogP contribution in [0.4, 0.5) is 0 Å². The van der Waals surface area contributed by atoms with Crippen molar-refractivity contribution in [1.82, 2.24) is 15.0 Å². The number of thiophene rings is 1. The summed E-state index contributed by atoms with van der Waals surface area (Å²) < 4.78 is 1.84. The van der Waals surface area contributed by atoms with Gasteiger partial charge in [-0.1, -0.05) is 11.3 Å². The summed E-state index contributed by atoms with van der Waals surface area (Å²) in [5.41, 5.74) is 6.27. The predicted octanol–water partition coefficient (Wildman–Crippen LogP) is 1.52. The molecule has 84 valence electrons. The molecule has 2 heterocycles. The molecule has 16 heavy (non-hydrogen) atoms. The van der Waals surface area contributed by atoms with Crippen LogP contribution < -0.4 is 5.73 Å². The second-order valence-electron chi connectivity index (χ2n) is 3.21. The molecule has 0 fully saturated rings. The summed E-state index contributed by atoms with van der Waals surface area (Å²) in [7, 11) is 1.66. The maximum atomic E-state index is 12.1. The fourth-order valence-electron chi connectivity index (χ4n) is 1.34. The number of nitrogens with two attached hydrogens (primary N) is 1. The number of nitrogens with zero attached hydrogens (tertiary/aromatic N) is 3. The highest BCUT2D eigenvalue weighted by Crippen LogP contribution is 2.23. The highest BCUT2D eigenvalue weighted by atomic mass is 79.9. The Morgan fingerprint density at radius 2 is 2.44 bits per heavy atom. The van der Waals surface area contributed by atoms with Crippen LogP contribution in [0.15, 0.2) is 22.1 Å². The second-order valence-corrected chi connectivity index (χ2v) is 4.94. The second kappa shape index (κ2) is 4.44. The Morgan fingerprint density at radius 3 is 2.94 bits per heavy atom. The molecule has 2 rings (SSSR count). The van der Waals surface area contributed by atoms with E-state index in [1.807, 2.05) is 17.5 Å². The highest BCUT2D eigenvalue weighted by Gasteiger charge is 2.24. The number of Topliss-reactive ketones (excluding diaryl/α,β-unsaturated/α-hetero) is 1. The van der Waals surface area contributed by atoms with Gasteiger partial charge in [-0.05, 0) is 27.4 Å². The van der Waals surface area contributed by atoms with Crippen molar-refractivity contribution >= 4 is 33.0 Å². The summed E-state index contributed by atoms with van der Waals surface area (Å²) >= 11 is 4.64. The van der Waals surface area contributed by atoms with Gasteiger partial charge in [-0.25, -0.2) is 4.68 Å². The Morgan fingerprint density at radius 1 is 1.69 bits per heavy atom. The van der Waals surface area contributed by atoms with Gasteiger partial charge in [-0.3, -0.25) is 4.79 Å². The van der Waals surface area contributed by atoms with E-state index in [1.54, 1.807) is 7.05 Å². The van der Waals surface area contributed by atoms with Crippen molar-refractivity contribution in [3.05, 3.63) is 32.7 Å². The summed E-state index contributed by atoms with van der Waals surface area (Å²) in [6.45, 7) is 0. The van der Waals surface area contributed by atoms with Gasteiger partial charge in [0.1, 0.15) is 11.7 Å². The molecule has 0 saturated carbocycles. The Bertz CT molecular complexity index is 488. The van der Waals surface area contributed by atoms with Crippen LogP contribution in [0.3, 0.4) is 0 Å². The quantitative estimate of drug-likeness (QED) is 0.872. The van der Waals surface area contributed by atoms with Crippen LogP contribution in [-0.4, -0.2) is 20.8 Å². The van der Waals surface area contributed by atoms with Gasteiger partial charge < -0.3 is 5.73 Å².